The molecule has 80 valence electrons. The Morgan fingerprint density at radius 2 is 2.33 bits per heavy atom. The van der Waals surface area contributed by atoms with Crippen molar-refractivity contribution in [1.82, 2.24) is 0 Å². The number of fused-ring (bicyclic) bond motifs is 1. The smallest absolute Gasteiger partial charge is 0.238 e. The fourth-order valence-electron chi connectivity index (χ4n) is 1.51. The SMILES string of the molecule is NCc1ccc2c(c1)N(CBr)C(=O)CS2. The van der Waals surface area contributed by atoms with Gasteiger partial charge < -0.3 is 10.6 Å². The van der Waals surface area contributed by atoms with Crippen LogP contribution in [0.4, 0.5) is 5.69 Å². The molecule has 1 aliphatic heterocycles. The first-order valence-electron chi connectivity index (χ1n) is 4.58. The summed E-state index contributed by atoms with van der Waals surface area (Å²) in [5.41, 5.74) is 8.14. The summed E-state index contributed by atoms with van der Waals surface area (Å²) in [4.78, 5) is 14.5. The maximum absolute atomic E-state index is 11.6. The topological polar surface area (TPSA) is 46.3 Å². The van der Waals surface area contributed by atoms with Gasteiger partial charge in [0, 0.05) is 11.4 Å². The van der Waals surface area contributed by atoms with E-state index in [2.05, 4.69) is 15.9 Å². The van der Waals surface area contributed by atoms with Gasteiger partial charge in [-0.3, -0.25) is 4.79 Å². The lowest BCUT2D eigenvalue weighted by Gasteiger charge is -2.27. The highest BCUT2D eigenvalue weighted by Crippen LogP contribution is 2.36. The number of benzene rings is 1. The summed E-state index contributed by atoms with van der Waals surface area (Å²) in [5.74, 6) is 0.652. The molecule has 0 unspecified atom stereocenters. The first-order valence-corrected chi connectivity index (χ1v) is 6.69. The summed E-state index contributed by atoms with van der Waals surface area (Å²) < 4.78 is 0. The number of halogens is 1. The molecule has 3 nitrogen and oxygen atoms in total. The summed E-state index contributed by atoms with van der Waals surface area (Å²) in [5, 5.41) is 0. The summed E-state index contributed by atoms with van der Waals surface area (Å²) in [7, 11) is 0. The van der Waals surface area contributed by atoms with E-state index >= 15 is 0 Å². The average molecular weight is 287 g/mol. The number of thioether (sulfide) groups is 1. The molecular formula is C10H11BrN2OS. The Morgan fingerprint density at radius 1 is 1.53 bits per heavy atom. The van der Waals surface area contributed by atoms with Crippen molar-refractivity contribution in [3.63, 3.8) is 0 Å². The van der Waals surface area contributed by atoms with Crippen LogP contribution in [-0.2, 0) is 11.3 Å². The number of alkyl halides is 1. The van der Waals surface area contributed by atoms with E-state index in [1.165, 1.54) is 0 Å². The number of nitrogens with two attached hydrogens (primary N) is 1. The molecule has 1 amide bonds. The van der Waals surface area contributed by atoms with Crippen LogP contribution in [0.5, 0.6) is 0 Å². The maximum atomic E-state index is 11.6. The van der Waals surface area contributed by atoms with Gasteiger partial charge in [-0.05, 0) is 17.7 Å². The van der Waals surface area contributed by atoms with Crippen LogP contribution >= 0.6 is 27.7 Å². The van der Waals surface area contributed by atoms with Crippen molar-refractivity contribution in [3.8, 4) is 0 Å². The van der Waals surface area contributed by atoms with Crippen LogP contribution < -0.4 is 10.6 Å². The summed E-state index contributed by atoms with van der Waals surface area (Å²) in [6.45, 7) is 0.502. The maximum Gasteiger partial charge on any atom is 0.238 e. The van der Waals surface area contributed by atoms with E-state index < -0.39 is 0 Å². The molecule has 0 saturated carbocycles. The number of hydrogen-bond acceptors (Lipinski definition) is 3. The number of amides is 1. The van der Waals surface area contributed by atoms with Crippen LogP contribution in [0.25, 0.3) is 0 Å². The normalized spacial score (nSPS) is 15.3. The number of nitrogens with zero attached hydrogens (tertiary/aromatic N) is 1. The average Bonchev–Trinajstić information content (AvgIpc) is 2.28. The molecule has 2 rings (SSSR count). The van der Waals surface area contributed by atoms with E-state index in [1.807, 2.05) is 18.2 Å². The molecular weight excluding hydrogens is 276 g/mol. The number of hydrogen-bond donors (Lipinski definition) is 1. The minimum absolute atomic E-state index is 0.138. The highest BCUT2D eigenvalue weighted by Gasteiger charge is 2.23. The third-order valence-electron chi connectivity index (χ3n) is 2.32. The first-order chi connectivity index (χ1) is 7.26. The number of carbonyl (C=O) groups excluding carboxylic acids is 1. The second kappa shape index (κ2) is 4.55. The van der Waals surface area contributed by atoms with E-state index in [1.54, 1.807) is 16.7 Å². The zero-order chi connectivity index (χ0) is 10.8. The van der Waals surface area contributed by atoms with Crippen LogP contribution in [0.2, 0.25) is 0 Å². The van der Waals surface area contributed by atoms with Crippen LogP contribution in [0.1, 0.15) is 5.56 Å². The Labute approximate surface area is 101 Å². The number of anilines is 1. The number of carbonyl (C=O) groups is 1. The molecule has 1 aromatic rings. The molecule has 1 aliphatic rings. The standard InChI is InChI=1S/C10H11BrN2OS/c11-6-13-8-3-7(4-12)1-2-9(8)15-5-10(13)14/h1-3H,4-6,12H2. The van der Waals surface area contributed by atoms with Gasteiger partial charge in [0.2, 0.25) is 5.91 Å². The van der Waals surface area contributed by atoms with E-state index in [-0.39, 0.29) is 5.91 Å². The van der Waals surface area contributed by atoms with Gasteiger partial charge in [0.25, 0.3) is 0 Å². The van der Waals surface area contributed by atoms with Gasteiger partial charge >= 0.3 is 0 Å². The lowest BCUT2D eigenvalue weighted by molar-refractivity contribution is -0.116. The zero-order valence-corrected chi connectivity index (χ0v) is 10.5. The van der Waals surface area contributed by atoms with Crippen LogP contribution in [0, 0.1) is 0 Å². The van der Waals surface area contributed by atoms with Crippen molar-refractivity contribution in [2.75, 3.05) is 16.1 Å². The van der Waals surface area contributed by atoms with Crippen LogP contribution in [-0.4, -0.2) is 17.1 Å². The van der Waals surface area contributed by atoms with Gasteiger partial charge in [0.05, 0.1) is 16.9 Å². The summed E-state index contributed by atoms with van der Waals surface area (Å²) in [6.07, 6.45) is 0. The van der Waals surface area contributed by atoms with Crippen molar-refractivity contribution in [1.29, 1.82) is 0 Å². The molecule has 15 heavy (non-hydrogen) atoms. The number of rotatable bonds is 2. The molecule has 0 bridgehead atoms. The Morgan fingerprint density at radius 3 is 3.00 bits per heavy atom. The molecule has 1 heterocycles. The molecule has 0 aliphatic carbocycles. The molecule has 1 aromatic carbocycles. The largest absolute Gasteiger partial charge is 0.326 e. The zero-order valence-electron chi connectivity index (χ0n) is 8.07. The second-order valence-electron chi connectivity index (χ2n) is 3.24. The lowest BCUT2D eigenvalue weighted by Crippen LogP contribution is -2.34. The molecule has 2 N–H and O–H groups in total. The van der Waals surface area contributed by atoms with E-state index in [0.29, 0.717) is 17.8 Å². The van der Waals surface area contributed by atoms with Crippen molar-refractivity contribution in [2.45, 2.75) is 11.4 Å². The molecule has 0 saturated heterocycles. The van der Waals surface area contributed by atoms with Crippen LogP contribution in [0.15, 0.2) is 23.1 Å². The molecule has 0 atom stereocenters. The van der Waals surface area contributed by atoms with Gasteiger partial charge in [-0.15, -0.1) is 11.8 Å². The predicted octanol–water partition coefficient (Wildman–Crippen LogP) is 1.94. The van der Waals surface area contributed by atoms with Crippen molar-refractivity contribution in [3.05, 3.63) is 23.8 Å². The fourth-order valence-corrected chi connectivity index (χ4v) is 2.97. The van der Waals surface area contributed by atoms with Gasteiger partial charge in [-0.2, -0.15) is 0 Å². The van der Waals surface area contributed by atoms with E-state index in [0.717, 1.165) is 16.1 Å². The van der Waals surface area contributed by atoms with E-state index in [9.17, 15) is 4.79 Å². The molecule has 0 fully saturated rings. The quantitative estimate of drug-likeness (QED) is 0.668. The fraction of sp³-hybridized carbons (Fsp3) is 0.300. The first kappa shape index (κ1) is 11.0. The molecule has 0 aromatic heterocycles. The summed E-state index contributed by atoms with van der Waals surface area (Å²) >= 11 is 4.91. The predicted molar refractivity (Wildman–Crippen MR) is 66.3 cm³/mol. The van der Waals surface area contributed by atoms with Gasteiger partial charge in [-0.1, -0.05) is 22.0 Å². The van der Waals surface area contributed by atoms with Gasteiger partial charge in [0.15, 0.2) is 0 Å². The highest BCUT2D eigenvalue weighted by molar-refractivity contribution is 9.09. The Bertz CT molecular complexity index is 397. The summed E-state index contributed by atoms with van der Waals surface area (Å²) in [6, 6.07) is 6.03. The third kappa shape index (κ3) is 2.04. The van der Waals surface area contributed by atoms with Gasteiger partial charge in [0.1, 0.15) is 0 Å². The second-order valence-corrected chi connectivity index (χ2v) is 4.75. The molecule has 0 radical (unpaired) electrons. The van der Waals surface area contributed by atoms with Crippen molar-refractivity contribution < 1.29 is 4.79 Å². The van der Waals surface area contributed by atoms with E-state index in [4.69, 9.17) is 5.73 Å². The molecule has 5 heteroatoms. The van der Waals surface area contributed by atoms with Gasteiger partial charge in [-0.25, -0.2) is 0 Å². The molecule has 0 spiro atoms. The highest BCUT2D eigenvalue weighted by atomic mass is 79.9. The Kier molecular flexibility index (Phi) is 3.33. The van der Waals surface area contributed by atoms with Crippen molar-refractivity contribution >= 4 is 39.3 Å². The van der Waals surface area contributed by atoms with Crippen molar-refractivity contribution in [2.24, 2.45) is 5.73 Å². The Hall–Kier alpha value is -0.520. The lowest BCUT2D eigenvalue weighted by atomic mass is 10.2. The third-order valence-corrected chi connectivity index (χ3v) is 3.87. The van der Waals surface area contributed by atoms with Crippen LogP contribution in [0.3, 0.4) is 0 Å². The Balaban J connectivity index is 2.45. The minimum atomic E-state index is 0.138. The monoisotopic (exact) mass is 286 g/mol. The minimum Gasteiger partial charge on any atom is -0.326 e.